The summed E-state index contributed by atoms with van der Waals surface area (Å²) in [5.41, 5.74) is 0. The first-order chi connectivity index (χ1) is 4.59. The van der Waals surface area contributed by atoms with Gasteiger partial charge in [0.2, 0.25) is 5.78 Å². The lowest BCUT2D eigenvalue weighted by Gasteiger charge is -2.03. The van der Waals surface area contributed by atoms with Gasteiger partial charge in [-0.05, 0) is 6.92 Å². The van der Waals surface area contributed by atoms with Crippen molar-refractivity contribution in [1.82, 2.24) is 0 Å². The predicted molar refractivity (Wildman–Crippen MR) is 32.3 cm³/mol. The third kappa shape index (κ3) is 2.39. The van der Waals surface area contributed by atoms with E-state index in [2.05, 4.69) is 4.74 Å². The summed E-state index contributed by atoms with van der Waals surface area (Å²) in [7, 11) is 0. The molecule has 10 heavy (non-hydrogen) atoms. The van der Waals surface area contributed by atoms with Gasteiger partial charge in [-0.25, -0.2) is 0 Å². The van der Waals surface area contributed by atoms with Crippen LogP contribution in [0.5, 0.6) is 0 Å². The molecule has 0 aliphatic heterocycles. The van der Waals surface area contributed by atoms with Crippen molar-refractivity contribution in [2.24, 2.45) is 0 Å². The minimum absolute atomic E-state index is 0.144. The molecule has 0 fully saturated rings. The van der Waals surface area contributed by atoms with Crippen LogP contribution in [0.1, 0.15) is 13.8 Å². The molecule has 0 rings (SSSR count). The SMILES string of the molecule is CC(=O)C(=O)C(C)OC=O. The Balaban J connectivity index is 3.94. The molecular formula is C6H8O4. The number of Topliss-reactive ketones (excluding diaryl/α,β-unsaturated/α-hetero) is 2. The van der Waals surface area contributed by atoms with E-state index >= 15 is 0 Å². The van der Waals surface area contributed by atoms with Gasteiger partial charge in [0.25, 0.3) is 6.47 Å². The first-order valence-corrected chi connectivity index (χ1v) is 2.73. The number of carbonyl (C=O) groups is 3. The van der Waals surface area contributed by atoms with E-state index in [9.17, 15) is 14.4 Å². The van der Waals surface area contributed by atoms with Crippen LogP contribution in [-0.2, 0) is 19.1 Å². The fourth-order valence-corrected chi connectivity index (χ4v) is 0.431. The van der Waals surface area contributed by atoms with E-state index in [1.807, 2.05) is 0 Å². The second kappa shape index (κ2) is 3.76. The third-order valence-corrected chi connectivity index (χ3v) is 0.976. The molecule has 1 atom stereocenters. The topological polar surface area (TPSA) is 60.4 Å². The second-order valence-corrected chi connectivity index (χ2v) is 1.79. The van der Waals surface area contributed by atoms with E-state index in [1.165, 1.54) is 6.92 Å². The first-order valence-electron chi connectivity index (χ1n) is 2.73. The Labute approximate surface area is 58.2 Å². The zero-order valence-corrected chi connectivity index (χ0v) is 5.79. The Bertz CT molecular complexity index is 161. The van der Waals surface area contributed by atoms with E-state index < -0.39 is 17.7 Å². The fraction of sp³-hybridized carbons (Fsp3) is 0.500. The Morgan fingerprint density at radius 2 is 2.00 bits per heavy atom. The molecule has 0 aliphatic carbocycles. The largest absolute Gasteiger partial charge is 0.456 e. The molecule has 0 aliphatic rings. The summed E-state index contributed by atoms with van der Waals surface area (Å²) >= 11 is 0. The van der Waals surface area contributed by atoms with Crippen molar-refractivity contribution < 1.29 is 19.1 Å². The Morgan fingerprint density at radius 1 is 1.50 bits per heavy atom. The minimum atomic E-state index is -0.949. The lowest BCUT2D eigenvalue weighted by Crippen LogP contribution is -2.26. The molecule has 4 heteroatoms. The number of ether oxygens (including phenoxy) is 1. The number of rotatable bonds is 4. The average molecular weight is 144 g/mol. The lowest BCUT2D eigenvalue weighted by atomic mass is 10.2. The van der Waals surface area contributed by atoms with E-state index in [4.69, 9.17) is 0 Å². The van der Waals surface area contributed by atoms with Gasteiger partial charge in [0.05, 0.1) is 0 Å². The molecule has 0 heterocycles. The Hall–Kier alpha value is -1.19. The van der Waals surface area contributed by atoms with Crippen molar-refractivity contribution in [1.29, 1.82) is 0 Å². The lowest BCUT2D eigenvalue weighted by molar-refractivity contribution is -0.147. The summed E-state index contributed by atoms with van der Waals surface area (Å²) in [6, 6.07) is 0. The maximum Gasteiger partial charge on any atom is 0.293 e. The fourth-order valence-electron chi connectivity index (χ4n) is 0.431. The van der Waals surface area contributed by atoms with Crippen LogP contribution >= 0.6 is 0 Å². The molecule has 0 saturated carbocycles. The van der Waals surface area contributed by atoms with Crippen LogP contribution in [-0.4, -0.2) is 24.1 Å². The predicted octanol–water partition coefficient (Wildman–Crippen LogP) is -0.294. The van der Waals surface area contributed by atoms with Crippen molar-refractivity contribution in [3.63, 3.8) is 0 Å². The van der Waals surface area contributed by atoms with E-state index in [0.29, 0.717) is 0 Å². The molecule has 0 aromatic carbocycles. The van der Waals surface area contributed by atoms with Crippen LogP contribution in [0.3, 0.4) is 0 Å². The highest BCUT2D eigenvalue weighted by molar-refractivity contribution is 6.37. The molecule has 0 N–H and O–H groups in total. The first kappa shape index (κ1) is 8.81. The number of ketones is 2. The van der Waals surface area contributed by atoms with Crippen LogP contribution < -0.4 is 0 Å². The van der Waals surface area contributed by atoms with Crippen molar-refractivity contribution in [2.45, 2.75) is 20.0 Å². The molecule has 0 spiro atoms. The number of carbonyl (C=O) groups excluding carboxylic acids is 3. The van der Waals surface area contributed by atoms with Gasteiger partial charge in [-0.1, -0.05) is 0 Å². The average Bonchev–Trinajstić information content (AvgIpc) is 1.87. The zero-order valence-electron chi connectivity index (χ0n) is 5.79. The highest BCUT2D eigenvalue weighted by Crippen LogP contribution is 1.90. The summed E-state index contributed by atoms with van der Waals surface area (Å²) in [5.74, 6) is -1.29. The van der Waals surface area contributed by atoms with Gasteiger partial charge in [-0.2, -0.15) is 0 Å². The van der Waals surface area contributed by atoms with Crippen molar-refractivity contribution >= 4 is 18.0 Å². The maximum atomic E-state index is 10.6. The third-order valence-electron chi connectivity index (χ3n) is 0.976. The normalized spacial score (nSPS) is 11.8. The van der Waals surface area contributed by atoms with Crippen molar-refractivity contribution in [3.8, 4) is 0 Å². The molecular weight excluding hydrogens is 136 g/mol. The molecule has 4 nitrogen and oxygen atoms in total. The van der Waals surface area contributed by atoms with E-state index in [-0.39, 0.29) is 6.47 Å². The molecule has 0 amide bonds. The monoisotopic (exact) mass is 144 g/mol. The summed E-state index contributed by atoms with van der Waals surface area (Å²) < 4.78 is 4.21. The molecule has 0 aromatic rings. The van der Waals surface area contributed by atoms with Gasteiger partial charge in [0.15, 0.2) is 11.9 Å². The minimum Gasteiger partial charge on any atom is -0.456 e. The molecule has 0 aromatic heterocycles. The Kier molecular flexibility index (Phi) is 3.32. The second-order valence-electron chi connectivity index (χ2n) is 1.79. The summed E-state index contributed by atoms with van der Waals surface area (Å²) in [6.45, 7) is 2.62. The standard InChI is InChI=1S/C6H8O4/c1-4(8)6(9)5(2)10-3-7/h3,5H,1-2H3. The quantitative estimate of drug-likeness (QED) is 0.401. The van der Waals surface area contributed by atoms with Crippen molar-refractivity contribution in [3.05, 3.63) is 0 Å². The van der Waals surface area contributed by atoms with Crippen LogP contribution in [0.4, 0.5) is 0 Å². The number of hydrogen-bond donors (Lipinski definition) is 0. The van der Waals surface area contributed by atoms with Crippen LogP contribution in [0.15, 0.2) is 0 Å². The van der Waals surface area contributed by atoms with Gasteiger partial charge >= 0.3 is 0 Å². The highest BCUT2D eigenvalue weighted by Gasteiger charge is 2.17. The van der Waals surface area contributed by atoms with Crippen LogP contribution in [0.25, 0.3) is 0 Å². The van der Waals surface area contributed by atoms with Gasteiger partial charge in [-0.3, -0.25) is 14.4 Å². The summed E-state index contributed by atoms with van der Waals surface area (Å²) in [4.78, 5) is 30.6. The van der Waals surface area contributed by atoms with E-state index in [0.717, 1.165) is 6.92 Å². The Morgan fingerprint density at radius 3 is 2.30 bits per heavy atom. The number of hydrogen-bond acceptors (Lipinski definition) is 4. The van der Waals surface area contributed by atoms with Gasteiger partial charge in [0.1, 0.15) is 0 Å². The van der Waals surface area contributed by atoms with Crippen molar-refractivity contribution in [2.75, 3.05) is 0 Å². The molecule has 0 radical (unpaired) electrons. The van der Waals surface area contributed by atoms with Gasteiger partial charge in [0, 0.05) is 6.92 Å². The molecule has 56 valence electrons. The molecule has 0 bridgehead atoms. The summed E-state index contributed by atoms with van der Waals surface area (Å²) in [6.07, 6.45) is -0.949. The van der Waals surface area contributed by atoms with Gasteiger partial charge in [-0.15, -0.1) is 0 Å². The maximum absolute atomic E-state index is 10.6. The highest BCUT2D eigenvalue weighted by atomic mass is 16.5. The smallest absolute Gasteiger partial charge is 0.293 e. The van der Waals surface area contributed by atoms with E-state index in [1.54, 1.807) is 0 Å². The zero-order chi connectivity index (χ0) is 8.15. The molecule has 0 saturated heterocycles. The summed E-state index contributed by atoms with van der Waals surface area (Å²) in [5, 5.41) is 0. The van der Waals surface area contributed by atoms with Crippen LogP contribution in [0, 0.1) is 0 Å². The molecule has 1 unspecified atom stereocenters. The van der Waals surface area contributed by atoms with Gasteiger partial charge < -0.3 is 4.74 Å². The van der Waals surface area contributed by atoms with Crippen LogP contribution in [0.2, 0.25) is 0 Å².